The zero-order chi connectivity index (χ0) is 24.4. The van der Waals surface area contributed by atoms with Gasteiger partial charge in [-0.2, -0.15) is 17.6 Å². The monoisotopic (exact) mass is 475 g/mol. The summed E-state index contributed by atoms with van der Waals surface area (Å²) in [5.41, 5.74) is 7.46. The van der Waals surface area contributed by atoms with Crippen molar-refractivity contribution in [3.8, 4) is 12.0 Å². The van der Waals surface area contributed by atoms with Gasteiger partial charge in [0.2, 0.25) is 0 Å². The minimum Gasteiger partial charge on any atom is -0.653 e. The number of nitrogens with one attached hydrogen (secondary N) is 2. The maximum absolute atomic E-state index is 13.4. The van der Waals surface area contributed by atoms with Gasteiger partial charge in [-0.25, -0.2) is 9.40 Å². The summed E-state index contributed by atoms with van der Waals surface area (Å²) >= 11 is 0. The minimum atomic E-state index is -5.01. The Labute approximate surface area is 193 Å². The number of anilines is 1. The average Bonchev–Trinajstić information content (AvgIpc) is 2.83. The van der Waals surface area contributed by atoms with Gasteiger partial charge in [-0.05, 0) is 36.1 Å². The summed E-state index contributed by atoms with van der Waals surface area (Å²) in [5.74, 6) is -4.25. The fourth-order valence-electron chi connectivity index (χ4n) is 2.97. The van der Waals surface area contributed by atoms with Crippen LogP contribution in [0.15, 0.2) is 79.1 Å². The van der Waals surface area contributed by atoms with Crippen molar-refractivity contribution in [2.45, 2.75) is 31.4 Å². The molecule has 0 radical (unpaired) electrons. The summed E-state index contributed by atoms with van der Waals surface area (Å²) in [5, 5.41) is 9.61. The van der Waals surface area contributed by atoms with Crippen LogP contribution in [0.25, 0.3) is 0 Å². The second kappa shape index (κ2) is 11.5. The summed E-state index contributed by atoms with van der Waals surface area (Å²) in [6.45, 7) is 0.791. The Kier molecular flexibility index (Phi) is 8.43. The fraction of sp³-hybridized carbons (Fsp3) is 0.208. The number of hydrogen-bond acceptors (Lipinski definition) is 5. The fourth-order valence-corrected chi connectivity index (χ4v) is 2.97. The highest BCUT2D eigenvalue weighted by Gasteiger charge is 2.58. The van der Waals surface area contributed by atoms with E-state index in [1.165, 1.54) is 5.56 Å². The van der Waals surface area contributed by atoms with Crippen LogP contribution in [0, 0.1) is 12.0 Å². The number of hydrazine groups is 1. The highest BCUT2D eigenvalue weighted by molar-refractivity contribution is 5.43. The quantitative estimate of drug-likeness (QED) is 0.155. The lowest BCUT2D eigenvalue weighted by atomic mass is 10.1. The predicted octanol–water partition coefficient (Wildman–Crippen LogP) is 3.14. The molecule has 6 nitrogen and oxygen atoms in total. The zero-order valence-corrected chi connectivity index (χ0v) is 17.8. The van der Waals surface area contributed by atoms with Crippen LogP contribution in [0.3, 0.4) is 0 Å². The number of alkyl halides is 4. The number of pyridine rings is 1. The third-order valence-electron chi connectivity index (χ3n) is 4.81. The molecule has 3 aromatic rings. The van der Waals surface area contributed by atoms with E-state index in [-0.39, 0.29) is 0 Å². The molecule has 2 aromatic carbocycles. The molecule has 0 saturated carbocycles. The minimum absolute atomic E-state index is 0.304. The Morgan fingerprint density at radius 3 is 2.06 bits per heavy atom. The number of hydrogen-bond donors (Lipinski definition) is 2. The lowest BCUT2D eigenvalue weighted by molar-refractivity contribution is -0.688. The summed E-state index contributed by atoms with van der Waals surface area (Å²) in [6.07, 6.45) is 1.47. The van der Waals surface area contributed by atoms with E-state index < -0.39 is 12.0 Å². The van der Waals surface area contributed by atoms with Crippen LogP contribution in [0.4, 0.5) is 23.2 Å². The summed E-state index contributed by atoms with van der Waals surface area (Å²) in [4.78, 5) is 6.49. The first-order chi connectivity index (χ1) is 16.3. The number of rotatable bonds is 10. The van der Waals surface area contributed by atoms with Crippen LogP contribution in [0.2, 0.25) is 0 Å². The molecule has 1 heterocycles. The first-order valence-electron chi connectivity index (χ1n) is 10.2. The molecule has 0 atom stereocenters. The van der Waals surface area contributed by atoms with Crippen LogP contribution in [0.1, 0.15) is 16.7 Å². The van der Waals surface area contributed by atoms with Crippen LogP contribution in [-0.4, -0.2) is 12.0 Å². The maximum atomic E-state index is 13.4. The van der Waals surface area contributed by atoms with Crippen molar-refractivity contribution in [1.82, 2.24) is 5.59 Å². The van der Waals surface area contributed by atoms with E-state index in [0.29, 0.717) is 11.6 Å². The maximum Gasteiger partial charge on any atom is 0.449 e. The van der Waals surface area contributed by atoms with Gasteiger partial charge in [-0.1, -0.05) is 42.5 Å². The second-order valence-electron chi connectivity index (χ2n) is 7.29. The molecule has 0 fully saturated rings. The van der Waals surface area contributed by atoms with E-state index in [0.717, 1.165) is 36.6 Å². The summed E-state index contributed by atoms with van der Waals surface area (Å²) in [7, 11) is 0. The van der Waals surface area contributed by atoms with Crippen molar-refractivity contribution in [2.75, 3.05) is 5.43 Å². The van der Waals surface area contributed by atoms with E-state index in [2.05, 4.69) is 44.0 Å². The largest absolute Gasteiger partial charge is 0.653 e. The van der Waals surface area contributed by atoms with Crippen molar-refractivity contribution < 1.29 is 37.1 Å². The van der Waals surface area contributed by atoms with Gasteiger partial charge in [0.25, 0.3) is 0 Å². The SMILES string of the molecule is [O-]OC#CC(F)(F)C(F)(F)ONNc1ccc(CCc2cc[n+](Cc3ccccc3)cc2)cc1. The van der Waals surface area contributed by atoms with Gasteiger partial charge in [0.05, 0.1) is 5.69 Å². The van der Waals surface area contributed by atoms with E-state index in [1.807, 2.05) is 30.6 Å². The first-order valence-corrected chi connectivity index (χ1v) is 10.2. The number of nitrogens with zero attached hydrogens (tertiary/aromatic N) is 1. The lowest BCUT2D eigenvalue weighted by Crippen LogP contribution is -2.46. The average molecular weight is 475 g/mol. The van der Waals surface area contributed by atoms with Crippen molar-refractivity contribution in [3.63, 3.8) is 0 Å². The molecule has 10 heteroatoms. The summed E-state index contributed by atoms with van der Waals surface area (Å²) in [6, 6.07) is 20.9. The van der Waals surface area contributed by atoms with Gasteiger partial charge >= 0.3 is 12.0 Å². The molecule has 0 bridgehead atoms. The number of benzene rings is 2. The van der Waals surface area contributed by atoms with Gasteiger partial charge < -0.3 is 10.1 Å². The van der Waals surface area contributed by atoms with Crippen molar-refractivity contribution in [2.24, 2.45) is 0 Å². The van der Waals surface area contributed by atoms with Gasteiger partial charge in [0.15, 0.2) is 18.9 Å². The van der Waals surface area contributed by atoms with E-state index in [9.17, 15) is 22.8 Å². The van der Waals surface area contributed by atoms with Gasteiger partial charge in [-0.3, -0.25) is 5.43 Å². The van der Waals surface area contributed by atoms with Crippen LogP contribution in [0.5, 0.6) is 0 Å². The Balaban J connectivity index is 1.45. The Morgan fingerprint density at radius 1 is 0.824 bits per heavy atom. The highest BCUT2D eigenvalue weighted by atomic mass is 19.3. The van der Waals surface area contributed by atoms with Crippen LogP contribution in [-0.2, 0) is 29.1 Å². The Bertz CT molecular complexity index is 1100. The molecule has 178 valence electrons. The molecule has 0 saturated heterocycles. The number of halogens is 4. The predicted molar refractivity (Wildman–Crippen MR) is 113 cm³/mol. The molecule has 0 amide bonds. The van der Waals surface area contributed by atoms with Gasteiger partial charge in [-0.15, -0.1) is 5.59 Å². The molecule has 0 aliphatic rings. The zero-order valence-electron chi connectivity index (χ0n) is 17.8. The van der Waals surface area contributed by atoms with Crippen LogP contribution < -0.4 is 20.8 Å². The molecule has 0 unspecified atom stereocenters. The highest BCUT2D eigenvalue weighted by Crippen LogP contribution is 2.33. The number of aryl methyl sites for hydroxylation is 2. The lowest BCUT2D eigenvalue weighted by Gasteiger charge is -2.21. The van der Waals surface area contributed by atoms with Crippen LogP contribution >= 0.6 is 0 Å². The molecule has 3 rings (SSSR count). The normalized spacial score (nSPS) is 11.4. The molecule has 34 heavy (non-hydrogen) atoms. The van der Waals surface area contributed by atoms with E-state index in [1.54, 1.807) is 29.9 Å². The molecule has 0 aliphatic heterocycles. The molecule has 2 N–H and O–H groups in total. The molecular weight excluding hydrogens is 454 g/mol. The summed E-state index contributed by atoms with van der Waals surface area (Å²) < 4.78 is 55.1. The molecule has 0 spiro atoms. The van der Waals surface area contributed by atoms with E-state index >= 15 is 0 Å². The van der Waals surface area contributed by atoms with Crippen molar-refractivity contribution >= 4 is 5.69 Å². The topological polar surface area (TPSA) is 69.5 Å². The van der Waals surface area contributed by atoms with Gasteiger partial charge in [0.1, 0.15) is 6.11 Å². The molecule has 0 aliphatic carbocycles. The third-order valence-corrected chi connectivity index (χ3v) is 4.81. The smallest absolute Gasteiger partial charge is 0.449 e. The molecule has 1 aromatic heterocycles. The second-order valence-corrected chi connectivity index (χ2v) is 7.29. The first kappa shape index (κ1) is 25.0. The van der Waals surface area contributed by atoms with Crippen molar-refractivity contribution in [1.29, 1.82) is 0 Å². The van der Waals surface area contributed by atoms with E-state index in [4.69, 9.17) is 0 Å². The Morgan fingerprint density at radius 2 is 1.44 bits per heavy atom. The van der Waals surface area contributed by atoms with Crippen molar-refractivity contribution in [3.05, 3.63) is 95.8 Å². The molecular formula is C24H21F4N3O3. The standard InChI is InChI=1S/C24H21F4N3O3/c25-23(26,14-17-33-32)24(27,28)34-30-29-22-10-8-19(9-11-22)6-7-20-12-15-31(16-13-20)18-21-4-2-1-3-5-21/h1-5,8-13,15-16,29-30H,6-7,18H2. The van der Waals surface area contributed by atoms with Gasteiger partial charge in [0, 0.05) is 23.6 Å². The number of aromatic nitrogens is 1. The Hall–Kier alpha value is -3.65. The third kappa shape index (κ3) is 7.18.